The van der Waals surface area contributed by atoms with Crippen LogP contribution in [0.15, 0.2) is 42.7 Å². The fourth-order valence-electron chi connectivity index (χ4n) is 3.28. The number of amides is 2. The molecule has 1 aliphatic rings. The molecule has 1 aliphatic carbocycles. The Kier molecular flexibility index (Phi) is 5.41. The largest absolute Gasteiger partial charge is 0.351 e. The van der Waals surface area contributed by atoms with Crippen molar-refractivity contribution in [3.05, 3.63) is 59.1 Å². The van der Waals surface area contributed by atoms with Gasteiger partial charge in [0.1, 0.15) is 17.5 Å². The van der Waals surface area contributed by atoms with Crippen LogP contribution in [0.2, 0.25) is 5.02 Å². The topological polar surface area (TPSA) is 62.3 Å². The molecule has 1 heterocycles. The van der Waals surface area contributed by atoms with Crippen LogP contribution in [0.4, 0.5) is 14.5 Å². The summed E-state index contributed by atoms with van der Waals surface area (Å²) in [6, 6.07) is 6.18. The average Bonchev–Trinajstić information content (AvgIpc) is 2.58. The van der Waals surface area contributed by atoms with Gasteiger partial charge in [-0.3, -0.25) is 19.5 Å². The number of rotatable bonds is 6. The molecule has 3 rings (SSSR count). The molecule has 27 heavy (non-hydrogen) atoms. The van der Waals surface area contributed by atoms with E-state index in [2.05, 4.69) is 10.3 Å². The minimum Gasteiger partial charge on any atom is -0.351 e. The number of carbonyl (C=O) groups is 2. The summed E-state index contributed by atoms with van der Waals surface area (Å²) in [4.78, 5) is 29.6. The molecule has 1 aromatic heterocycles. The van der Waals surface area contributed by atoms with E-state index in [1.165, 1.54) is 13.1 Å². The normalized spacial score (nSPS) is 22.4. The van der Waals surface area contributed by atoms with E-state index in [0.717, 1.165) is 17.2 Å². The van der Waals surface area contributed by atoms with Gasteiger partial charge in [0.25, 0.3) is 0 Å². The van der Waals surface area contributed by atoms with Gasteiger partial charge in [-0.25, -0.2) is 8.78 Å². The number of aromatic nitrogens is 1. The van der Waals surface area contributed by atoms with Crippen LogP contribution in [0.3, 0.4) is 0 Å². The van der Waals surface area contributed by atoms with Crippen LogP contribution in [-0.2, 0) is 9.59 Å². The van der Waals surface area contributed by atoms with Crippen LogP contribution in [0.25, 0.3) is 0 Å². The Labute approximate surface area is 160 Å². The van der Waals surface area contributed by atoms with Crippen molar-refractivity contribution in [2.75, 3.05) is 4.90 Å². The van der Waals surface area contributed by atoms with Gasteiger partial charge in [0.05, 0.1) is 18.1 Å². The number of hydrogen-bond acceptors (Lipinski definition) is 3. The van der Waals surface area contributed by atoms with Gasteiger partial charge in [0.15, 0.2) is 0 Å². The molecule has 0 unspecified atom stereocenters. The van der Waals surface area contributed by atoms with Crippen molar-refractivity contribution in [3.63, 3.8) is 0 Å². The van der Waals surface area contributed by atoms with E-state index in [1.807, 2.05) is 0 Å². The maximum Gasteiger partial charge on any atom is 0.248 e. The van der Waals surface area contributed by atoms with E-state index in [9.17, 15) is 18.4 Å². The van der Waals surface area contributed by atoms with Gasteiger partial charge in [-0.05, 0) is 13.0 Å². The molecule has 1 atom stereocenters. The summed E-state index contributed by atoms with van der Waals surface area (Å²) in [5.74, 6) is -1.18. The molecule has 1 N–H and O–H groups in total. The van der Waals surface area contributed by atoms with Crippen molar-refractivity contribution in [3.8, 4) is 0 Å². The fourth-order valence-corrected chi connectivity index (χ4v) is 3.52. The monoisotopic (exact) mass is 393 g/mol. The van der Waals surface area contributed by atoms with Gasteiger partial charge in [0.2, 0.25) is 12.3 Å². The second kappa shape index (κ2) is 7.60. The molecule has 142 valence electrons. The minimum atomic E-state index is -1.31. The number of pyridine rings is 1. The Bertz CT molecular complexity index is 854. The van der Waals surface area contributed by atoms with Crippen molar-refractivity contribution in [2.24, 2.45) is 0 Å². The minimum absolute atomic E-state index is 0.106. The van der Waals surface area contributed by atoms with Crippen molar-refractivity contribution < 1.29 is 18.4 Å². The molecule has 2 amide bonds. The number of anilines is 1. The number of nitrogens with zero attached hydrogens (tertiary/aromatic N) is 2. The van der Waals surface area contributed by atoms with Gasteiger partial charge in [-0.2, -0.15) is 0 Å². The van der Waals surface area contributed by atoms with Gasteiger partial charge in [0, 0.05) is 35.5 Å². The number of halogens is 3. The number of alkyl halides is 1. The molecule has 0 saturated heterocycles. The zero-order valence-corrected chi connectivity index (χ0v) is 15.3. The third-order valence-electron chi connectivity index (χ3n) is 4.52. The van der Waals surface area contributed by atoms with E-state index in [1.54, 1.807) is 24.3 Å². The maximum atomic E-state index is 13.7. The van der Waals surface area contributed by atoms with E-state index >= 15 is 0 Å². The highest BCUT2D eigenvalue weighted by molar-refractivity contribution is 6.31. The Morgan fingerprint density at radius 2 is 2.11 bits per heavy atom. The fraction of sp³-hybridized carbons (Fsp3) is 0.316. The summed E-state index contributed by atoms with van der Waals surface area (Å²) in [6.45, 7) is 1.47. The second-order valence-corrected chi connectivity index (χ2v) is 7.23. The number of carbonyl (C=O) groups excluding carboxylic acids is 2. The predicted octanol–water partition coefficient (Wildman–Crippen LogP) is 3.59. The van der Waals surface area contributed by atoms with Crippen LogP contribution < -0.4 is 10.2 Å². The standard InChI is InChI=1S/C19H18ClF2N3O2/c1-19(22)7-13(8-19)24-18(27)17(15-4-2-3-5-16(15)20)25(11-26)14-6-12(21)9-23-10-14/h2-6,9-11,13,17H,7-8H2,1H3,(H,24,27)/t13?,17-,19?/m1/s1. The molecule has 1 saturated carbocycles. The molecule has 0 radical (unpaired) electrons. The van der Waals surface area contributed by atoms with Crippen LogP contribution in [0.5, 0.6) is 0 Å². The second-order valence-electron chi connectivity index (χ2n) is 6.83. The zero-order chi connectivity index (χ0) is 19.6. The first kappa shape index (κ1) is 19.2. The van der Waals surface area contributed by atoms with Crippen LogP contribution >= 0.6 is 11.6 Å². The average molecular weight is 394 g/mol. The van der Waals surface area contributed by atoms with E-state index < -0.39 is 23.4 Å². The lowest BCUT2D eigenvalue weighted by Gasteiger charge is -2.40. The summed E-state index contributed by atoms with van der Waals surface area (Å²) in [6.07, 6.45) is 3.07. The van der Waals surface area contributed by atoms with E-state index in [4.69, 9.17) is 11.6 Å². The smallest absolute Gasteiger partial charge is 0.248 e. The molecule has 1 fully saturated rings. The first-order valence-electron chi connectivity index (χ1n) is 8.38. The number of hydrogen-bond donors (Lipinski definition) is 1. The van der Waals surface area contributed by atoms with Crippen molar-refractivity contribution in [2.45, 2.75) is 37.5 Å². The quantitative estimate of drug-likeness (QED) is 0.763. The SMILES string of the molecule is CC1(F)CC(NC(=O)[C@@H](c2ccccc2Cl)N(C=O)c2cncc(F)c2)C1. The molecule has 1 aromatic carbocycles. The van der Waals surface area contributed by atoms with Gasteiger partial charge >= 0.3 is 0 Å². The first-order valence-corrected chi connectivity index (χ1v) is 8.76. The molecule has 0 aliphatic heterocycles. The number of benzene rings is 1. The van der Waals surface area contributed by atoms with Gasteiger partial charge in [-0.15, -0.1) is 0 Å². The highest BCUT2D eigenvalue weighted by atomic mass is 35.5. The predicted molar refractivity (Wildman–Crippen MR) is 97.6 cm³/mol. The lowest BCUT2D eigenvalue weighted by molar-refractivity contribution is -0.126. The Hall–Kier alpha value is -2.54. The van der Waals surface area contributed by atoms with Crippen LogP contribution in [0, 0.1) is 5.82 Å². The zero-order valence-electron chi connectivity index (χ0n) is 14.5. The van der Waals surface area contributed by atoms with Crippen molar-refractivity contribution in [1.82, 2.24) is 10.3 Å². The third kappa shape index (κ3) is 4.24. The Balaban J connectivity index is 1.95. The molecule has 5 nitrogen and oxygen atoms in total. The van der Waals surface area contributed by atoms with E-state index in [-0.39, 0.29) is 29.6 Å². The van der Waals surface area contributed by atoms with Crippen molar-refractivity contribution in [1.29, 1.82) is 0 Å². The summed E-state index contributed by atoms with van der Waals surface area (Å²) < 4.78 is 27.3. The molecule has 2 aromatic rings. The van der Waals surface area contributed by atoms with E-state index in [0.29, 0.717) is 12.0 Å². The molecule has 0 bridgehead atoms. The lowest BCUT2D eigenvalue weighted by Crippen LogP contribution is -2.53. The lowest BCUT2D eigenvalue weighted by atomic mass is 9.78. The van der Waals surface area contributed by atoms with Crippen molar-refractivity contribution >= 4 is 29.6 Å². The summed E-state index contributed by atoms with van der Waals surface area (Å²) in [7, 11) is 0. The molecular weight excluding hydrogens is 376 g/mol. The summed E-state index contributed by atoms with van der Waals surface area (Å²) >= 11 is 6.24. The van der Waals surface area contributed by atoms with Gasteiger partial charge < -0.3 is 5.32 Å². The van der Waals surface area contributed by atoms with Crippen LogP contribution in [-0.4, -0.2) is 29.0 Å². The molecule has 0 spiro atoms. The highest BCUT2D eigenvalue weighted by Gasteiger charge is 2.42. The highest BCUT2D eigenvalue weighted by Crippen LogP contribution is 2.37. The third-order valence-corrected chi connectivity index (χ3v) is 4.86. The van der Waals surface area contributed by atoms with Crippen LogP contribution in [0.1, 0.15) is 31.4 Å². The maximum absolute atomic E-state index is 13.7. The summed E-state index contributed by atoms with van der Waals surface area (Å²) in [5, 5.41) is 3.02. The molecule has 8 heteroatoms. The Morgan fingerprint density at radius 3 is 2.70 bits per heavy atom. The summed E-state index contributed by atoms with van der Waals surface area (Å²) in [5.41, 5.74) is -0.835. The molecular formula is C19H18ClF2N3O2. The first-order chi connectivity index (χ1) is 12.8. The Morgan fingerprint density at radius 1 is 1.41 bits per heavy atom. The number of nitrogens with one attached hydrogen (secondary N) is 1. The van der Waals surface area contributed by atoms with Gasteiger partial charge in [-0.1, -0.05) is 29.8 Å².